The summed E-state index contributed by atoms with van der Waals surface area (Å²) in [5, 5.41) is 5.04. The molecule has 26 heavy (non-hydrogen) atoms. The lowest BCUT2D eigenvalue weighted by Crippen LogP contribution is -2.44. The van der Waals surface area contributed by atoms with Crippen LogP contribution >= 0.6 is 11.3 Å². The van der Waals surface area contributed by atoms with Gasteiger partial charge in [0.15, 0.2) is 0 Å². The molecular formula is C20H25N3O2S. The molecule has 5 nitrogen and oxygen atoms in total. The van der Waals surface area contributed by atoms with Crippen LogP contribution < -0.4 is 5.32 Å². The molecule has 0 saturated carbocycles. The fourth-order valence-electron chi connectivity index (χ4n) is 3.58. The molecule has 1 saturated heterocycles. The molecule has 3 heterocycles. The van der Waals surface area contributed by atoms with Gasteiger partial charge in [-0.1, -0.05) is 19.4 Å². The second-order valence-corrected chi connectivity index (χ2v) is 7.80. The molecule has 1 aliphatic rings. The Morgan fingerprint density at radius 1 is 1.31 bits per heavy atom. The average Bonchev–Trinajstić information content (AvgIpc) is 3.20. The second kappa shape index (κ2) is 8.94. The first-order chi connectivity index (χ1) is 12.7. The number of hydrogen-bond donors (Lipinski definition) is 1. The largest absolute Gasteiger partial charge is 0.351 e. The summed E-state index contributed by atoms with van der Waals surface area (Å²) in [5.74, 6) is 0.837. The van der Waals surface area contributed by atoms with Crippen LogP contribution in [0.5, 0.6) is 0 Å². The van der Waals surface area contributed by atoms with Crippen LogP contribution in [0, 0.1) is 11.8 Å². The number of pyridine rings is 1. The number of aromatic nitrogens is 1. The van der Waals surface area contributed by atoms with Crippen molar-refractivity contribution >= 4 is 23.2 Å². The summed E-state index contributed by atoms with van der Waals surface area (Å²) in [6.45, 7) is 4.16. The fraction of sp³-hybridized carbons (Fsp3) is 0.450. The molecule has 0 radical (unpaired) electrons. The lowest BCUT2D eigenvalue weighted by atomic mass is 9.81. The molecule has 3 rings (SSSR count). The summed E-state index contributed by atoms with van der Waals surface area (Å²) in [6, 6.07) is 7.62. The van der Waals surface area contributed by atoms with Gasteiger partial charge in [0.05, 0.1) is 12.1 Å². The third-order valence-corrected chi connectivity index (χ3v) is 5.98. The number of rotatable bonds is 6. The van der Waals surface area contributed by atoms with Gasteiger partial charge in [0, 0.05) is 36.8 Å². The maximum Gasteiger partial charge on any atom is 0.255 e. The molecule has 1 fully saturated rings. The first-order valence-electron chi connectivity index (χ1n) is 9.15. The van der Waals surface area contributed by atoms with E-state index in [0.29, 0.717) is 43.5 Å². The molecule has 2 aromatic heterocycles. The highest BCUT2D eigenvalue weighted by Gasteiger charge is 2.32. The van der Waals surface area contributed by atoms with E-state index in [9.17, 15) is 9.59 Å². The molecule has 1 N–H and O–H groups in total. The minimum Gasteiger partial charge on any atom is -0.351 e. The van der Waals surface area contributed by atoms with E-state index in [4.69, 9.17) is 0 Å². The number of carbonyl (C=O) groups excluding carboxylic acids is 2. The van der Waals surface area contributed by atoms with Crippen LogP contribution in [0.15, 0.2) is 42.0 Å². The third kappa shape index (κ3) is 4.69. The number of nitrogens with one attached hydrogen (secondary N) is 1. The number of piperidine rings is 1. The summed E-state index contributed by atoms with van der Waals surface area (Å²) in [7, 11) is 0. The predicted octanol–water partition coefficient (Wildman–Crippen LogP) is 3.34. The van der Waals surface area contributed by atoms with Crippen LogP contribution in [-0.2, 0) is 11.3 Å². The molecule has 1 aliphatic heterocycles. The maximum atomic E-state index is 12.6. The van der Waals surface area contributed by atoms with Crippen LogP contribution in [0.1, 0.15) is 41.4 Å². The van der Waals surface area contributed by atoms with Gasteiger partial charge in [-0.2, -0.15) is 0 Å². The number of likely N-dealkylation sites (tertiary alicyclic amines) is 1. The molecule has 6 heteroatoms. The van der Waals surface area contributed by atoms with Gasteiger partial charge < -0.3 is 10.2 Å². The molecule has 138 valence electrons. The zero-order valence-electron chi connectivity index (χ0n) is 15.1. The predicted molar refractivity (Wildman–Crippen MR) is 103 cm³/mol. The number of nitrogens with zero attached hydrogens (tertiary/aromatic N) is 2. The van der Waals surface area contributed by atoms with Gasteiger partial charge >= 0.3 is 0 Å². The summed E-state index contributed by atoms with van der Waals surface area (Å²) in [5.41, 5.74) is 0.634. The van der Waals surface area contributed by atoms with Crippen molar-refractivity contribution in [3.05, 3.63) is 52.5 Å². The highest BCUT2D eigenvalue weighted by molar-refractivity contribution is 7.09. The van der Waals surface area contributed by atoms with Crippen molar-refractivity contribution in [1.29, 1.82) is 0 Å². The van der Waals surface area contributed by atoms with Crippen LogP contribution in [0.3, 0.4) is 0 Å². The number of thiophene rings is 1. The molecule has 0 spiro atoms. The number of amides is 2. The smallest absolute Gasteiger partial charge is 0.255 e. The Balaban J connectivity index is 1.52. The van der Waals surface area contributed by atoms with Gasteiger partial charge in [-0.3, -0.25) is 14.6 Å². The van der Waals surface area contributed by atoms with E-state index in [1.807, 2.05) is 22.4 Å². The monoisotopic (exact) mass is 371 g/mol. The van der Waals surface area contributed by atoms with Gasteiger partial charge in [-0.15, -0.1) is 11.3 Å². The van der Waals surface area contributed by atoms with E-state index in [1.165, 1.54) is 4.88 Å². The van der Waals surface area contributed by atoms with Crippen LogP contribution in [0.25, 0.3) is 0 Å². The molecular weight excluding hydrogens is 346 g/mol. The molecule has 2 atom stereocenters. The van der Waals surface area contributed by atoms with Crippen molar-refractivity contribution in [3.8, 4) is 0 Å². The Bertz CT molecular complexity index is 718. The Kier molecular flexibility index (Phi) is 6.39. The van der Waals surface area contributed by atoms with E-state index < -0.39 is 0 Å². The van der Waals surface area contributed by atoms with Crippen molar-refractivity contribution in [3.63, 3.8) is 0 Å². The average molecular weight is 372 g/mol. The highest BCUT2D eigenvalue weighted by atomic mass is 32.1. The normalized spacial score (nSPS) is 20.0. The summed E-state index contributed by atoms with van der Waals surface area (Å²) in [4.78, 5) is 32.1. The van der Waals surface area contributed by atoms with E-state index >= 15 is 0 Å². The van der Waals surface area contributed by atoms with Crippen molar-refractivity contribution < 1.29 is 9.59 Å². The summed E-state index contributed by atoms with van der Waals surface area (Å²) in [6.07, 6.45) is 5.68. The minimum absolute atomic E-state index is 0.0390. The Morgan fingerprint density at radius 3 is 2.88 bits per heavy atom. The minimum atomic E-state index is 0.0390. The van der Waals surface area contributed by atoms with Gasteiger partial charge in [-0.05, 0) is 41.8 Å². The zero-order valence-corrected chi connectivity index (χ0v) is 15.9. The first-order valence-corrected chi connectivity index (χ1v) is 10.0. The van der Waals surface area contributed by atoms with Crippen molar-refractivity contribution in [2.24, 2.45) is 11.8 Å². The number of hydrogen-bond acceptors (Lipinski definition) is 4. The lowest BCUT2D eigenvalue weighted by molar-refractivity contribution is -0.123. The second-order valence-electron chi connectivity index (χ2n) is 6.77. The van der Waals surface area contributed by atoms with Crippen LogP contribution in [0.4, 0.5) is 0 Å². The van der Waals surface area contributed by atoms with Gasteiger partial charge in [0.25, 0.3) is 5.91 Å². The standard InChI is InChI=1S/C20H25N3O2S/c1-2-15-14-23(20(25)17-5-3-8-21-12-17)9-7-16(15)11-19(24)22-13-18-6-4-10-26-18/h3-6,8,10,12,15-16H,2,7,9,11,13-14H2,1H3,(H,22,24)/t15-,16+/m1/s1. The topological polar surface area (TPSA) is 62.3 Å². The van der Waals surface area contributed by atoms with E-state index in [-0.39, 0.29) is 11.8 Å². The van der Waals surface area contributed by atoms with E-state index in [1.54, 1.807) is 35.9 Å². The van der Waals surface area contributed by atoms with Crippen molar-refractivity contribution in [1.82, 2.24) is 15.2 Å². The third-order valence-electron chi connectivity index (χ3n) is 5.10. The van der Waals surface area contributed by atoms with Crippen molar-refractivity contribution in [2.75, 3.05) is 13.1 Å². The quantitative estimate of drug-likeness (QED) is 0.847. The van der Waals surface area contributed by atoms with E-state index in [0.717, 1.165) is 12.8 Å². The van der Waals surface area contributed by atoms with Gasteiger partial charge in [0.2, 0.25) is 5.91 Å². The van der Waals surface area contributed by atoms with Crippen LogP contribution in [0.2, 0.25) is 0 Å². The Morgan fingerprint density at radius 2 is 2.19 bits per heavy atom. The van der Waals surface area contributed by atoms with E-state index in [2.05, 4.69) is 17.2 Å². The fourth-order valence-corrected chi connectivity index (χ4v) is 4.22. The molecule has 0 aliphatic carbocycles. The maximum absolute atomic E-state index is 12.6. The van der Waals surface area contributed by atoms with Gasteiger partial charge in [0.1, 0.15) is 0 Å². The molecule has 0 unspecified atom stereocenters. The molecule has 2 amide bonds. The van der Waals surface area contributed by atoms with Crippen molar-refractivity contribution in [2.45, 2.75) is 32.7 Å². The SMILES string of the molecule is CC[C@@H]1CN(C(=O)c2cccnc2)CC[C@H]1CC(=O)NCc1cccs1. The first kappa shape index (κ1) is 18.6. The van der Waals surface area contributed by atoms with Crippen LogP contribution in [-0.4, -0.2) is 34.8 Å². The summed E-state index contributed by atoms with van der Waals surface area (Å²) < 4.78 is 0. The lowest BCUT2D eigenvalue weighted by Gasteiger charge is -2.38. The Labute approximate surface area is 158 Å². The van der Waals surface area contributed by atoms with Gasteiger partial charge in [-0.25, -0.2) is 0 Å². The Hall–Kier alpha value is -2.21. The molecule has 2 aromatic rings. The highest BCUT2D eigenvalue weighted by Crippen LogP contribution is 2.29. The molecule has 0 bridgehead atoms. The number of carbonyl (C=O) groups is 2. The zero-order chi connectivity index (χ0) is 18.4. The summed E-state index contributed by atoms with van der Waals surface area (Å²) >= 11 is 1.65. The molecule has 0 aromatic carbocycles.